The minimum atomic E-state index is -3.19. The first-order valence-corrected chi connectivity index (χ1v) is 8.40. The Morgan fingerprint density at radius 3 is 2.57 bits per heavy atom. The van der Waals surface area contributed by atoms with E-state index in [1.54, 1.807) is 26.8 Å². The van der Waals surface area contributed by atoms with Gasteiger partial charge < -0.3 is 15.2 Å². The molecule has 21 heavy (non-hydrogen) atoms. The van der Waals surface area contributed by atoms with Crippen LogP contribution in [0.4, 0.5) is 5.69 Å². The molecule has 1 aromatic rings. The summed E-state index contributed by atoms with van der Waals surface area (Å²) in [5, 5.41) is -0.461. The highest BCUT2D eigenvalue weighted by molar-refractivity contribution is 7.91. The molecule has 0 saturated carbocycles. The predicted octanol–water partition coefficient (Wildman–Crippen LogP) is 1.65. The number of benzene rings is 1. The van der Waals surface area contributed by atoms with E-state index in [2.05, 4.69) is 0 Å². The lowest BCUT2D eigenvalue weighted by Crippen LogP contribution is -2.22. The first kappa shape index (κ1) is 17.3. The van der Waals surface area contributed by atoms with Crippen molar-refractivity contribution in [3.05, 3.63) is 23.8 Å². The number of rotatable bonds is 7. The Hall–Kier alpha value is -1.76. The molecular formula is C14H21NO5S. The van der Waals surface area contributed by atoms with Crippen molar-refractivity contribution in [2.45, 2.75) is 26.0 Å². The molecule has 2 N–H and O–H groups in total. The maximum absolute atomic E-state index is 11.8. The SMILES string of the molecule is CCOC(=O)c1cc(N)ccc1OCCS(=O)(=O)C(C)C. The van der Waals surface area contributed by atoms with Gasteiger partial charge in [-0.15, -0.1) is 0 Å². The van der Waals surface area contributed by atoms with E-state index in [4.69, 9.17) is 15.2 Å². The maximum atomic E-state index is 11.8. The number of esters is 1. The lowest BCUT2D eigenvalue weighted by molar-refractivity contribution is 0.0522. The monoisotopic (exact) mass is 315 g/mol. The molecule has 1 aromatic carbocycles. The van der Waals surface area contributed by atoms with Gasteiger partial charge >= 0.3 is 5.97 Å². The second kappa shape index (κ2) is 7.31. The smallest absolute Gasteiger partial charge is 0.341 e. The topological polar surface area (TPSA) is 95.7 Å². The molecule has 0 heterocycles. The van der Waals surface area contributed by atoms with Crippen LogP contribution in [0.25, 0.3) is 0 Å². The van der Waals surface area contributed by atoms with Crippen molar-refractivity contribution >= 4 is 21.5 Å². The van der Waals surface area contributed by atoms with Gasteiger partial charge in [0.1, 0.15) is 17.9 Å². The maximum Gasteiger partial charge on any atom is 0.341 e. The van der Waals surface area contributed by atoms with Gasteiger partial charge in [-0.3, -0.25) is 0 Å². The van der Waals surface area contributed by atoms with Crippen molar-refractivity contribution in [2.75, 3.05) is 24.7 Å². The fraction of sp³-hybridized carbons (Fsp3) is 0.500. The summed E-state index contributed by atoms with van der Waals surface area (Å²) < 4.78 is 33.7. The van der Waals surface area contributed by atoms with E-state index in [0.717, 1.165) is 0 Å². The van der Waals surface area contributed by atoms with Crippen LogP contribution in [0.1, 0.15) is 31.1 Å². The van der Waals surface area contributed by atoms with E-state index >= 15 is 0 Å². The van der Waals surface area contributed by atoms with Crippen LogP contribution in [-0.2, 0) is 14.6 Å². The van der Waals surface area contributed by atoms with Gasteiger partial charge in [0.15, 0.2) is 9.84 Å². The largest absolute Gasteiger partial charge is 0.492 e. The Labute approximate surface area is 125 Å². The van der Waals surface area contributed by atoms with E-state index in [1.807, 2.05) is 0 Å². The number of hydrogen-bond donors (Lipinski definition) is 1. The van der Waals surface area contributed by atoms with Crippen LogP contribution in [0.2, 0.25) is 0 Å². The summed E-state index contributed by atoms with van der Waals surface area (Å²) in [6, 6.07) is 4.56. The summed E-state index contributed by atoms with van der Waals surface area (Å²) in [7, 11) is -3.19. The van der Waals surface area contributed by atoms with Gasteiger partial charge in [0.05, 0.1) is 17.6 Å². The molecule has 0 spiro atoms. The molecule has 0 fully saturated rings. The third-order valence-corrected chi connectivity index (χ3v) is 5.01. The summed E-state index contributed by atoms with van der Waals surface area (Å²) >= 11 is 0. The van der Waals surface area contributed by atoms with E-state index < -0.39 is 21.1 Å². The molecule has 118 valence electrons. The molecule has 0 unspecified atom stereocenters. The highest BCUT2D eigenvalue weighted by Gasteiger charge is 2.18. The van der Waals surface area contributed by atoms with Crippen molar-refractivity contribution in [2.24, 2.45) is 0 Å². The second-order valence-electron chi connectivity index (χ2n) is 4.74. The minimum Gasteiger partial charge on any atom is -0.492 e. The van der Waals surface area contributed by atoms with Gasteiger partial charge in [0, 0.05) is 5.69 Å². The fourth-order valence-corrected chi connectivity index (χ4v) is 2.33. The first-order valence-electron chi connectivity index (χ1n) is 6.69. The molecule has 0 saturated heterocycles. The molecular weight excluding hydrogens is 294 g/mol. The molecule has 1 rings (SSSR count). The van der Waals surface area contributed by atoms with Crippen LogP contribution in [0.5, 0.6) is 5.75 Å². The predicted molar refractivity (Wildman–Crippen MR) is 81.2 cm³/mol. The Balaban J connectivity index is 2.82. The van der Waals surface area contributed by atoms with Crippen molar-refractivity contribution in [3.63, 3.8) is 0 Å². The number of anilines is 1. The molecule has 0 amide bonds. The number of nitrogen functional groups attached to an aromatic ring is 1. The Morgan fingerprint density at radius 1 is 1.33 bits per heavy atom. The van der Waals surface area contributed by atoms with E-state index in [9.17, 15) is 13.2 Å². The molecule has 6 nitrogen and oxygen atoms in total. The molecule has 0 bridgehead atoms. The van der Waals surface area contributed by atoms with Crippen molar-refractivity contribution < 1.29 is 22.7 Å². The number of ether oxygens (including phenoxy) is 2. The number of carbonyl (C=O) groups is 1. The summed E-state index contributed by atoms with van der Waals surface area (Å²) in [5.74, 6) is -0.398. The highest BCUT2D eigenvalue weighted by atomic mass is 32.2. The third kappa shape index (κ3) is 4.93. The summed E-state index contributed by atoms with van der Waals surface area (Å²) in [6.07, 6.45) is 0. The molecule has 0 aromatic heterocycles. The lowest BCUT2D eigenvalue weighted by Gasteiger charge is -2.12. The van der Waals surface area contributed by atoms with Crippen LogP contribution in [0.3, 0.4) is 0 Å². The second-order valence-corrected chi connectivity index (χ2v) is 7.42. The molecule has 0 aliphatic rings. The van der Waals surface area contributed by atoms with Gasteiger partial charge in [0.25, 0.3) is 0 Å². The number of carbonyl (C=O) groups excluding carboxylic acids is 1. The average molecular weight is 315 g/mol. The molecule has 0 aliphatic heterocycles. The molecule has 0 radical (unpaired) electrons. The van der Waals surface area contributed by atoms with E-state index in [0.29, 0.717) is 5.69 Å². The summed E-state index contributed by atoms with van der Waals surface area (Å²) in [4.78, 5) is 11.8. The van der Waals surface area contributed by atoms with E-state index in [1.165, 1.54) is 12.1 Å². The quantitative estimate of drug-likeness (QED) is 0.607. The normalized spacial score (nSPS) is 11.4. The average Bonchev–Trinajstić information content (AvgIpc) is 2.40. The van der Waals surface area contributed by atoms with Gasteiger partial charge in [-0.25, -0.2) is 13.2 Å². The van der Waals surface area contributed by atoms with Gasteiger partial charge in [0.2, 0.25) is 0 Å². The lowest BCUT2D eigenvalue weighted by atomic mass is 10.2. The first-order chi connectivity index (χ1) is 9.77. The molecule has 7 heteroatoms. The zero-order valence-corrected chi connectivity index (χ0v) is 13.3. The van der Waals surface area contributed by atoms with Crippen LogP contribution in [-0.4, -0.2) is 38.6 Å². The van der Waals surface area contributed by atoms with Crippen LogP contribution in [0.15, 0.2) is 18.2 Å². The Bertz CT molecular complexity index is 595. The van der Waals surface area contributed by atoms with Crippen LogP contribution < -0.4 is 10.5 Å². The van der Waals surface area contributed by atoms with Crippen LogP contribution in [0, 0.1) is 0 Å². The van der Waals surface area contributed by atoms with Gasteiger partial charge in [-0.05, 0) is 39.0 Å². The van der Waals surface area contributed by atoms with Crippen molar-refractivity contribution in [1.29, 1.82) is 0 Å². The Morgan fingerprint density at radius 2 is 2.00 bits per heavy atom. The highest BCUT2D eigenvalue weighted by Crippen LogP contribution is 2.22. The van der Waals surface area contributed by atoms with Gasteiger partial charge in [-0.2, -0.15) is 0 Å². The number of hydrogen-bond acceptors (Lipinski definition) is 6. The standard InChI is InChI=1S/C14H21NO5S/c1-4-19-14(16)12-9-11(15)5-6-13(12)20-7-8-21(17,18)10(2)3/h5-6,9-10H,4,7-8,15H2,1-3H3. The Kier molecular flexibility index (Phi) is 6.02. The van der Waals surface area contributed by atoms with Crippen LogP contribution >= 0.6 is 0 Å². The number of nitrogens with two attached hydrogens (primary N) is 1. The fourth-order valence-electron chi connectivity index (χ4n) is 1.55. The van der Waals surface area contributed by atoms with Crippen molar-refractivity contribution in [1.82, 2.24) is 0 Å². The van der Waals surface area contributed by atoms with E-state index in [-0.39, 0.29) is 30.3 Å². The molecule has 0 aliphatic carbocycles. The summed E-state index contributed by atoms with van der Waals surface area (Å²) in [5.41, 5.74) is 6.24. The summed E-state index contributed by atoms with van der Waals surface area (Å²) in [6.45, 7) is 5.12. The molecule has 0 atom stereocenters. The van der Waals surface area contributed by atoms with Gasteiger partial charge in [-0.1, -0.05) is 0 Å². The zero-order chi connectivity index (χ0) is 16.0. The third-order valence-electron chi connectivity index (χ3n) is 2.84. The minimum absolute atomic E-state index is 0.0309. The number of sulfone groups is 1. The zero-order valence-electron chi connectivity index (χ0n) is 12.5. The van der Waals surface area contributed by atoms with Crippen molar-refractivity contribution in [3.8, 4) is 5.75 Å².